The highest BCUT2D eigenvalue weighted by Crippen LogP contribution is 2.26. The Labute approximate surface area is 128 Å². The van der Waals surface area contributed by atoms with Gasteiger partial charge in [0.25, 0.3) is 5.91 Å². The Kier molecular flexibility index (Phi) is 4.58. The molecule has 0 aromatic carbocycles. The van der Waals surface area contributed by atoms with E-state index in [1.165, 1.54) is 0 Å². The van der Waals surface area contributed by atoms with Crippen molar-refractivity contribution in [1.82, 2.24) is 15.3 Å². The van der Waals surface area contributed by atoms with E-state index in [0.717, 1.165) is 16.7 Å². The van der Waals surface area contributed by atoms with Gasteiger partial charge in [0.05, 0.1) is 0 Å². The van der Waals surface area contributed by atoms with Gasteiger partial charge in [-0.2, -0.15) is 13.2 Å². The number of carboxylic acids is 1. The van der Waals surface area contributed by atoms with Gasteiger partial charge in [-0.25, -0.2) is 4.79 Å². The van der Waals surface area contributed by atoms with Crippen molar-refractivity contribution in [1.29, 1.82) is 0 Å². The van der Waals surface area contributed by atoms with Crippen molar-refractivity contribution in [2.45, 2.75) is 12.7 Å². The van der Waals surface area contributed by atoms with Gasteiger partial charge in [0.1, 0.15) is 5.69 Å². The first kappa shape index (κ1) is 16.4. The molecule has 1 aliphatic heterocycles. The number of amides is 1. The van der Waals surface area contributed by atoms with Gasteiger partial charge in [0.2, 0.25) is 0 Å². The van der Waals surface area contributed by atoms with E-state index in [2.05, 4.69) is 15.3 Å². The summed E-state index contributed by atoms with van der Waals surface area (Å²) in [6.45, 7) is 0.548. The third-order valence-electron chi connectivity index (χ3n) is 2.91. The standard InChI is InChI=1S/C12H9N3O.C2HF3O2/c16-12-11-10(7-15-12)9(3-5-14-11)8-2-1-4-13-6-8;3-2(4,5)1(6)7/h1-6H,7H2,(H,15,16);(H,6,7). The third-order valence-corrected chi connectivity index (χ3v) is 2.91. The zero-order chi connectivity index (χ0) is 17.0. The normalized spacial score (nSPS) is 12.7. The number of aliphatic carboxylic acids is 1. The number of hydrogen-bond donors (Lipinski definition) is 2. The molecule has 1 aliphatic rings. The van der Waals surface area contributed by atoms with Crippen molar-refractivity contribution in [2.24, 2.45) is 0 Å². The third kappa shape index (κ3) is 3.82. The first-order valence-corrected chi connectivity index (χ1v) is 6.27. The Balaban J connectivity index is 0.000000236. The van der Waals surface area contributed by atoms with Gasteiger partial charge in [-0.1, -0.05) is 6.07 Å². The molecule has 0 fully saturated rings. The SMILES string of the molecule is O=C(O)C(F)(F)F.O=C1NCc2c(-c3cccnc3)ccnc21. The van der Waals surface area contributed by atoms with E-state index < -0.39 is 12.1 Å². The Bertz CT molecular complexity index is 733. The highest BCUT2D eigenvalue weighted by molar-refractivity contribution is 5.98. The van der Waals surface area contributed by atoms with Crippen LogP contribution in [0, 0.1) is 0 Å². The molecule has 0 saturated heterocycles. The zero-order valence-electron chi connectivity index (χ0n) is 11.5. The molecule has 0 bridgehead atoms. The summed E-state index contributed by atoms with van der Waals surface area (Å²) in [5, 5.41) is 9.90. The molecule has 23 heavy (non-hydrogen) atoms. The molecule has 0 atom stereocenters. The maximum atomic E-state index is 11.5. The van der Waals surface area contributed by atoms with Crippen LogP contribution in [-0.4, -0.2) is 33.1 Å². The van der Waals surface area contributed by atoms with Gasteiger partial charge in [-0.3, -0.25) is 14.8 Å². The van der Waals surface area contributed by atoms with Crippen LogP contribution in [0.2, 0.25) is 0 Å². The molecule has 0 radical (unpaired) electrons. The number of nitrogens with one attached hydrogen (secondary N) is 1. The molecule has 2 N–H and O–H groups in total. The monoisotopic (exact) mass is 325 g/mol. The molecule has 3 rings (SSSR count). The first-order chi connectivity index (χ1) is 10.8. The van der Waals surface area contributed by atoms with E-state index in [4.69, 9.17) is 9.90 Å². The topological polar surface area (TPSA) is 92.2 Å². The van der Waals surface area contributed by atoms with E-state index in [-0.39, 0.29) is 5.91 Å². The highest BCUT2D eigenvalue weighted by atomic mass is 19.4. The lowest BCUT2D eigenvalue weighted by molar-refractivity contribution is -0.192. The minimum atomic E-state index is -5.08. The molecular weight excluding hydrogens is 315 g/mol. The average Bonchev–Trinajstić information content (AvgIpc) is 2.89. The number of carbonyl (C=O) groups is 2. The Hall–Kier alpha value is -2.97. The van der Waals surface area contributed by atoms with E-state index in [1.54, 1.807) is 18.6 Å². The van der Waals surface area contributed by atoms with Crippen LogP contribution in [0.15, 0.2) is 36.8 Å². The van der Waals surface area contributed by atoms with Gasteiger partial charge < -0.3 is 10.4 Å². The molecule has 6 nitrogen and oxygen atoms in total. The number of pyridine rings is 2. The van der Waals surface area contributed by atoms with Gasteiger partial charge in [-0.15, -0.1) is 0 Å². The summed E-state index contributed by atoms with van der Waals surface area (Å²) in [5.74, 6) is -2.85. The van der Waals surface area contributed by atoms with Crippen LogP contribution in [-0.2, 0) is 11.3 Å². The summed E-state index contributed by atoms with van der Waals surface area (Å²) < 4.78 is 31.7. The number of halogens is 3. The second kappa shape index (κ2) is 6.42. The summed E-state index contributed by atoms with van der Waals surface area (Å²) >= 11 is 0. The maximum absolute atomic E-state index is 11.5. The first-order valence-electron chi connectivity index (χ1n) is 6.27. The summed E-state index contributed by atoms with van der Waals surface area (Å²) in [6, 6.07) is 5.77. The fourth-order valence-electron chi connectivity index (χ4n) is 1.91. The summed E-state index contributed by atoms with van der Waals surface area (Å²) in [5.41, 5.74) is 3.52. The van der Waals surface area contributed by atoms with Crippen molar-refractivity contribution < 1.29 is 27.9 Å². The number of carboxylic acid groups (broad SMARTS) is 1. The molecule has 0 spiro atoms. The van der Waals surface area contributed by atoms with Crippen LogP contribution >= 0.6 is 0 Å². The van der Waals surface area contributed by atoms with Gasteiger partial charge in [0, 0.05) is 36.3 Å². The fraction of sp³-hybridized carbons (Fsp3) is 0.143. The molecule has 3 heterocycles. The molecule has 0 saturated carbocycles. The molecule has 120 valence electrons. The summed E-state index contributed by atoms with van der Waals surface area (Å²) in [4.78, 5) is 28.5. The van der Waals surface area contributed by atoms with Gasteiger partial charge in [-0.05, 0) is 17.7 Å². The van der Waals surface area contributed by atoms with E-state index in [9.17, 15) is 18.0 Å². The average molecular weight is 325 g/mol. The summed E-state index contributed by atoms with van der Waals surface area (Å²) in [7, 11) is 0. The van der Waals surface area contributed by atoms with Crippen LogP contribution in [0.3, 0.4) is 0 Å². The lowest BCUT2D eigenvalue weighted by Crippen LogP contribution is -2.21. The zero-order valence-corrected chi connectivity index (χ0v) is 11.5. The molecule has 0 aliphatic carbocycles. The number of aromatic nitrogens is 2. The van der Waals surface area contributed by atoms with E-state index in [0.29, 0.717) is 12.2 Å². The van der Waals surface area contributed by atoms with E-state index in [1.807, 2.05) is 18.2 Å². The van der Waals surface area contributed by atoms with Crippen molar-refractivity contribution in [2.75, 3.05) is 0 Å². The highest BCUT2D eigenvalue weighted by Gasteiger charge is 2.38. The predicted octanol–water partition coefficient (Wildman–Crippen LogP) is 2.02. The molecular formula is C14H10F3N3O3. The van der Waals surface area contributed by atoms with E-state index >= 15 is 0 Å². The Morgan fingerprint density at radius 2 is 1.96 bits per heavy atom. The van der Waals surface area contributed by atoms with Crippen LogP contribution in [0.25, 0.3) is 11.1 Å². The lowest BCUT2D eigenvalue weighted by Gasteiger charge is -2.05. The molecule has 2 aromatic heterocycles. The molecule has 0 unspecified atom stereocenters. The lowest BCUT2D eigenvalue weighted by atomic mass is 10.0. The van der Waals surface area contributed by atoms with Gasteiger partial charge >= 0.3 is 12.1 Å². The number of nitrogens with zero attached hydrogens (tertiary/aromatic N) is 2. The Morgan fingerprint density at radius 1 is 1.26 bits per heavy atom. The smallest absolute Gasteiger partial charge is 0.475 e. The number of rotatable bonds is 1. The van der Waals surface area contributed by atoms with Crippen molar-refractivity contribution in [3.05, 3.63) is 48.0 Å². The molecule has 1 amide bonds. The van der Waals surface area contributed by atoms with Crippen LogP contribution in [0.4, 0.5) is 13.2 Å². The van der Waals surface area contributed by atoms with Crippen LogP contribution in [0.1, 0.15) is 16.1 Å². The maximum Gasteiger partial charge on any atom is 0.490 e. The predicted molar refractivity (Wildman–Crippen MR) is 72.3 cm³/mol. The largest absolute Gasteiger partial charge is 0.490 e. The van der Waals surface area contributed by atoms with Crippen LogP contribution in [0.5, 0.6) is 0 Å². The number of carbonyl (C=O) groups excluding carboxylic acids is 1. The van der Waals surface area contributed by atoms with Gasteiger partial charge in [0.15, 0.2) is 0 Å². The minimum Gasteiger partial charge on any atom is -0.475 e. The number of alkyl halides is 3. The number of hydrogen-bond acceptors (Lipinski definition) is 4. The molecule has 9 heteroatoms. The second-order valence-electron chi connectivity index (χ2n) is 4.41. The summed E-state index contributed by atoms with van der Waals surface area (Å²) in [6.07, 6.45) is 0.0960. The van der Waals surface area contributed by atoms with Crippen molar-refractivity contribution >= 4 is 11.9 Å². The number of fused-ring (bicyclic) bond motifs is 1. The fourth-order valence-corrected chi connectivity index (χ4v) is 1.91. The van der Waals surface area contributed by atoms with Crippen LogP contribution < -0.4 is 5.32 Å². The quantitative estimate of drug-likeness (QED) is 0.837. The van der Waals surface area contributed by atoms with Crippen molar-refractivity contribution in [3.63, 3.8) is 0 Å². The molecule has 2 aromatic rings. The second-order valence-corrected chi connectivity index (χ2v) is 4.41. The van der Waals surface area contributed by atoms with Crippen molar-refractivity contribution in [3.8, 4) is 11.1 Å². The Morgan fingerprint density at radius 3 is 2.52 bits per heavy atom. The minimum absolute atomic E-state index is 0.0965.